The molecule has 0 unspecified atom stereocenters. The number of carbonyl (C=O) groups is 2. The molecule has 0 bridgehead atoms. The quantitative estimate of drug-likeness (QED) is 0.169. The maximum atomic E-state index is 13.0. The number of hydrogen-bond acceptors (Lipinski definition) is 7. The third kappa shape index (κ3) is 6.25. The summed E-state index contributed by atoms with van der Waals surface area (Å²) >= 11 is 0. The predicted octanol–water partition coefficient (Wildman–Crippen LogP) is 6.29. The smallest absolute Gasteiger partial charge is 0.316 e. The van der Waals surface area contributed by atoms with Crippen LogP contribution in [0.4, 0.5) is 0 Å². The van der Waals surface area contributed by atoms with Gasteiger partial charge in [0.2, 0.25) is 0 Å². The van der Waals surface area contributed by atoms with Gasteiger partial charge in [0.1, 0.15) is 23.0 Å². The molecule has 7 heteroatoms. The second-order valence-corrected chi connectivity index (χ2v) is 12.1. The molecule has 0 amide bonds. The van der Waals surface area contributed by atoms with Crippen LogP contribution in [0, 0.1) is 16.7 Å². The molecule has 0 radical (unpaired) electrons. The molecule has 2 atom stereocenters. The molecule has 1 fully saturated rings. The Kier molecular flexibility index (Phi) is 8.55. The fourth-order valence-electron chi connectivity index (χ4n) is 6.16. The summed E-state index contributed by atoms with van der Waals surface area (Å²) in [4.78, 5) is 25.5. The monoisotopic (exact) mass is 525 g/mol. The molecule has 0 spiro atoms. The Morgan fingerprint density at radius 1 is 1.24 bits per heavy atom. The van der Waals surface area contributed by atoms with E-state index in [0.29, 0.717) is 42.9 Å². The summed E-state index contributed by atoms with van der Waals surface area (Å²) in [5, 5.41) is 10.9. The molecular weight excluding hydrogens is 482 g/mol. The lowest BCUT2D eigenvalue weighted by molar-refractivity contribution is -0.147. The Bertz CT molecular complexity index is 1100. The lowest BCUT2D eigenvalue weighted by atomic mass is 9.72. The van der Waals surface area contributed by atoms with E-state index in [-0.39, 0.29) is 41.3 Å². The van der Waals surface area contributed by atoms with E-state index in [0.717, 1.165) is 38.5 Å². The minimum Gasteiger partial charge on any atom is -0.507 e. The van der Waals surface area contributed by atoms with Crippen molar-refractivity contribution in [3.05, 3.63) is 41.7 Å². The number of hydrogen-bond donors (Lipinski definition) is 2. The third-order valence-electron chi connectivity index (χ3n) is 8.67. The van der Waals surface area contributed by atoms with E-state index in [1.807, 2.05) is 0 Å². The number of carbonyl (C=O) groups excluding carboxylic acids is 2. The van der Waals surface area contributed by atoms with Gasteiger partial charge in [0.25, 0.3) is 0 Å². The van der Waals surface area contributed by atoms with E-state index in [1.54, 1.807) is 19.9 Å². The predicted molar refractivity (Wildman–Crippen MR) is 146 cm³/mol. The molecule has 1 aromatic carbocycles. The summed E-state index contributed by atoms with van der Waals surface area (Å²) in [5.41, 5.74) is 7.06. The van der Waals surface area contributed by atoms with Crippen LogP contribution < -0.4 is 15.2 Å². The van der Waals surface area contributed by atoms with Crippen molar-refractivity contribution in [1.82, 2.24) is 0 Å². The molecular formula is C31H43NO6. The van der Waals surface area contributed by atoms with Crippen LogP contribution in [0.25, 0.3) is 0 Å². The van der Waals surface area contributed by atoms with Gasteiger partial charge >= 0.3 is 11.9 Å². The molecule has 0 aromatic heterocycles. The second-order valence-electron chi connectivity index (χ2n) is 12.1. The molecule has 7 nitrogen and oxygen atoms in total. The normalized spacial score (nSPS) is 22.4. The van der Waals surface area contributed by atoms with Crippen LogP contribution in [0.1, 0.15) is 96.5 Å². The number of benzene rings is 1. The van der Waals surface area contributed by atoms with E-state index in [2.05, 4.69) is 19.6 Å². The van der Waals surface area contributed by atoms with Gasteiger partial charge in [-0.3, -0.25) is 9.59 Å². The number of rotatable bonds is 9. The van der Waals surface area contributed by atoms with Gasteiger partial charge in [-0.2, -0.15) is 0 Å². The summed E-state index contributed by atoms with van der Waals surface area (Å²) in [6.45, 7) is 10.6. The summed E-state index contributed by atoms with van der Waals surface area (Å²) in [5.74, 6) is 0.920. The largest absolute Gasteiger partial charge is 0.507 e. The van der Waals surface area contributed by atoms with Crippen molar-refractivity contribution in [3.8, 4) is 17.2 Å². The van der Waals surface area contributed by atoms with Crippen molar-refractivity contribution >= 4 is 11.9 Å². The van der Waals surface area contributed by atoms with Gasteiger partial charge in [-0.15, -0.1) is 0 Å². The number of phenols is 1. The van der Waals surface area contributed by atoms with Crippen LogP contribution >= 0.6 is 0 Å². The average molecular weight is 526 g/mol. The molecule has 0 saturated heterocycles. The molecule has 1 aliphatic heterocycles. The van der Waals surface area contributed by atoms with Crippen molar-refractivity contribution in [1.29, 1.82) is 0 Å². The Balaban J connectivity index is 1.31. The molecule has 2 aliphatic carbocycles. The molecule has 1 aromatic rings. The van der Waals surface area contributed by atoms with Crippen molar-refractivity contribution in [2.75, 3.05) is 13.2 Å². The summed E-state index contributed by atoms with van der Waals surface area (Å²) in [6, 6.07) is 3.14. The van der Waals surface area contributed by atoms with E-state index < -0.39 is 11.4 Å². The Morgan fingerprint density at radius 2 is 1.97 bits per heavy atom. The maximum absolute atomic E-state index is 13.0. The molecule has 1 heterocycles. The van der Waals surface area contributed by atoms with Crippen LogP contribution in [0.5, 0.6) is 17.2 Å². The van der Waals surface area contributed by atoms with Gasteiger partial charge in [0.15, 0.2) is 0 Å². The Morgan fingerprint density at radius 3 is 2.68 bits per heavy atom. The lowest BCUT2D eigenvalue weighted by Crippen LogP contribution is -2.35. The summed E-state index contributed by atoms with van der Waals surface area (Å²) in [7, 11) is 0. The van der Waals surface area contributed by atoms with Crippen molar-refractivity contribution in [3.63, 3.8) is 0 Å². The van der Waals surface area contributed by atoms with E-state index in [4.69, 9.17) is 19.9 Å². The molecule has 3 N–H and O–H groups in total. The van der Waals surface area contributed by atoms with Crippen LogP contribution in [0.3, 0.4) is 0 Å². The van der Waals surface area contributed by atoms with Crippen LogP contribution in [-0.2, 0) is 14.3 Å². The van der Waals surface area contributed by atoms with E-state index in [9.17, 15) is 14.7 Å². The van der Waals surface area contributed by atoms with E-state index >= 15 is 0 Å². The highest BCUT2D eigenvalue weighted by atomic mass is 16.5. The van der Waals surface area contributed by atoms with Crippen LogP contribution in [0.15, 0.2) is 36.1 Å². The van der Waals surface area contributed by atoms with Crippen molar-refractivity contribution in [2.24, 2.45) is 22.5 Å². The first-order valence-electron chi connectivity index (χ1n) is 14.0. The number of phenolic OH excluding ortho intramolecular Hbond substituents is 1. The number of nitrogens with two attached hydrogens (primary N) is 1. The van der Waals surface area contributed by atoms with E-state index in [1.165, 1.54) is 18.1 Å². The van der Waals surface area contributed by atoms with Crippen molar-refractivity contribution in [2.45, 2.75) is 90.9 Å². The maximum Gasteiger partial charge on any atom is 0.316 e. The molecule has 1 saturated carbocycles. The van der Waals surface area contributed by atoms with Gasteiger partial charge in [-0.1, -0.05) is 37.5 Å². The molecule has 208 valence electrons. The molecule has 4 rings (SSSR count). The van der Waals surface area contributed by atoms with Gasteiger partial charge in [0.05, 0.1) is 18.4 Å². The highest BCUT2D eigenvalue weighted by Crippen LogP contribution is 2.52. The molecule has 38 heavy (non-hydrogen) atoms. The average Bonchev–Trinajstić information content (AvgIpc) is 2.86. The minimum atomic E-state index is -0.807. The highest BCUT2D eigenvalue weighted by molar-refractivity contribution is 5.78. The number of esters is 2. The van der Waals surface area contributed by atoms with Crippen LogP contribution in [-0.4, -0.2) is 30.2 Å². The fourth-order valence-corrected chi connectivity index (χ4v) is 6.16. The van der Waals surface area contributed by atoms with Gasteiger partial charge in [0, 0.05) is 29.5 Å². The summed E-state index contributed by atoms with van der Waals surface area (Å²) in [6.07, 6.45) is 10.9. The van der Waals surface area contributed by atoms with Gasteiger partial charge in [-0.05, 0) is 71.3 Å². The number of fused-ring (bicyclic) bond motifs is 3. The first-order valence-corrected chi connectivity index (χ1v) is 14.0. The van der Waals surface area contributed by atoms with Gasteiger partial charge in [-0.25, -0.2) is 0 Å². The zero-order valence-corrected chi connectivity index (χ0v) is 23.1. The lowest BCUT2D eigenvalue weighted by Gasteiger charge is -2.37. The zero-order chi connectivity index (χ0) is 27.5. The summed E-state index contributed by atoms with van der Waals surface area (Å²) < 4.78 is 17.1. The van der Waals surface area contributed by atoms with Crippen molar-refractivity contribution < 1.29 is 28.9 Å². The number of ether oxygens (including phenoxy) is 3. The number of aromatic hydroxyl groups is 1. The van der Waals surface area contributed by atoms with Gasteiger partial charge < -0.3 is 25.1 Å². The zero-order valence-electron chi connectivity index (χ0n) is 23.1. The Hall–Kier alpha value is -2.80. The fraction of sp³-hybridized carbons (Fsp3) is 0.613. The standard InChI is InChI=1S/C31H43NO6/c1-20-9-10-23-21(2)37-26-17-22(16-25(33)28(26)24(23)15-20)38-29(35)30(3,4)11-8-14-36-27(34)18-31(19-32)12-6-5-7-13-31/h15-17,23-24,33H,2,5-14,18-19,32H2,1,3-4H3/t23-,24+/m0/s1. The SMILES string of the molecule is C=C1Oc2cc(OC(=O)C(C)(C)CCCOC(=O)CC3(CN)CCCCC3)cc(O)c2[C@@H]2C=C(C)CC[C@@H]12. The molecule has 3 aliphatic rings. The first-order chi connectivity index (χ1) is 18.0. The van der Waals surface area contributed by atoms with Crippen LogP contribution in [0.2, 0.25) is 0 Å². The first kappa shape index (κ1) is 28.2. The highest BCUT2D eigenvalue weighted by Gasteiger charge is 2.38. The second kappa shape index (κ2) is 11.5. The number of allylic oxidation sites excluding steroid dienone is 3. The topological polar surface area (TPSA) is 108 Å². The third-order valence-corrected chi connectivity index (χ3v) is 8.67. The Labute approximate surface area is 226 Å². The minimum absolute atomic E-state index is 0.00162.